The third kappa shape index (κ3) is 4.25. The molecule has 0 aliphatic carbocycles. The van der Waals surface area contributed by atoms with Gasteiger partial charge in [-0.05, 0) is 39.7 Å². The molecule has 0 bridgehead atoms. The van der Waals surface area contributed by atoms with E-state index < -0.39 is 12.0 Å². The van der Waals surface area contributed by atoms with Gasteiger partial charge >= 0.3 is 5.97 Å². The number of carbonyl (C=O) groups excluding carboxylic acids is 1. The number of amides is 1. The van der Waals surface area contributed by atoms with E-state index in [9.17, 15) is 14.7 Å². The molecule has 2 aromatic rings. The molecule has 0 aromatic carbocycles. The van der Waals surface area contributed by atoms with Crippen LogP contribution < -0.4 is 5.32 Å². The van der Waals surface area contributed by atoms with Crippen molar-refractivity contribution in [2.24, 2.45) is 5.92 Å². The molecule has 0 fully saturated rings. The monoisotopic (exact) mass is 359 g/mol. The number of aryl methyl sites for hydroxylation is 3. The maximum atomic E-state index is 12.3. The first-order chi connectivity index (χ1) is 12.1. The molecule has 1 atom stereocenters. The molecule has 0 saturated heterocycles. The summed E-state index contributed by atoms with van der Waals surface area (Å²) < 4.78 is 1.62. The normalized spacial score (nSPS) is 12.3. The Morgan fingerprint density at radius 1 is 1.15 bits per heavy atom. The summed E-state index contributed by atoms with van der Waals surface area (Å²) >= 11 is 0. The van der Waals surface area contributed by atoms with E-state index in [4.69, 9.17) is 0 Å². The Kier molecular flexibility index (Phi) is 5.74. The largest absolute Gasteiger partial charge is 0.480 e. The molecule has 26 heavy (non-hydrogen) atoms. The Hall–Kier alpha value is -2.77. The Morgan fingerprint density at radius 3 is 2.23 bits per heavy atom. The summed E-state index contributed by atoms with van der Waals surface area (Å²) in [5.41, 5.74) is 3.87. The molecule has 2 heterocycles. The second kappa shape index (κ2) is 7.63. The molecule has 8 heteroatoms. The lowest BCUT2D eigenvalue weighted by atomic mass is 10.0. The summed E-state index contributed by atoms with van der Waals surface area (Å²) in [6.45, 7) is 10.9. The second-order valence-corrected chi connectivity index (χ2v) is 6.82. The zero-order valence-electron chi connectivity index (χ0n) is 16.0. The Labute approximate surface area is 152 Å². The predicted molar refractivity (Wildman–Crippen MR) is 96.2 cm³/mol. The average molecular weight is 359 g/mol. The standard InChI is InChI=1S/C18H25N5O3/c1-9(2)16(17(25)26)21-15(24)8-14-12(5)22-23(13(14)6)18-19-10(3)7-11(4)20-18/h7,9,16H,8H2,1-6H3,(H,21,24)(H,25,26)/t16-/m1/s1. The van der Waals surface area contributed by atoms with Crippen molar-refractivity contribution in [3.05, 3.63) is 34.4 Å². The molecule has 1 amide bonds. The van der Waals surface area contributed by atoms with Crippen molar-refractivity contribution >= 4 is 11.9 Å². The fourth-order valence-corrected chi connectivity index (χ4v) is 2.83. The molecule has 0 aliphatic heterocycles. The van der Waals surface area contributed by atoms with E-state index in [1.165, 1.54) is 0 Å². The molecular formula is C18H25N5O3. The molecule has 140 valence electrons. The number of rotatable bonds is 6. The Balaban J connectivity index is 2.27. The summed E-state index contributed by atoms with van der Waals surface area (Å²) in [4.78, 5) is 32.4. The molecule has 0 unspecified atom stereocenters. The molecule has 8 nitrogen and oxygen atoms in total. The van der Waals surface area contributed by atoms with Gasteiger partial charge in [-0.15, -0.1) is 0 Å². The molecular weight excluding hydrogens is 334 g/mol. The van der Waals surface area contributed by atoms with E-state index in [1.807, 2.05) is 33.8 Å². The van der Waals surface area contributed by atoms with E-state index in [1.54, 1.807) is 18.5 Å². The average Bonchev–Trinajstić information content (AvgIpc) is 2.79. The highest BCUT2D eigenvalue weighted by Gasteiger charge is 2.25. The number of carboxylic acid groups (broad SMARTS) is 1. The van der Waals surface area contributed by atoms with Crippen LogP contribution in [0.3, 0.4) is 0 Å². The third-order valence-corrected chi connectivity index (χ3v) is 4.19. The SMILES string of the molecule is Cc1cc(C)nc(-n2nc(C)c(CC(=O)N[C@@H](C(=O)O)C(C)C)c2C)n1. The Morgan fingerprint density at radius 2 is 1.73 bits per heavy atom. The zero-order chi connectivity index (χ0) is 19.6. The van der Waals surface area contributed by atoms with Crippen molar-refractivity contribution in [3.8, 4) is 5.95 Å². The van der Waals surface area contributed by atoms with E-state index in [0.717, 1.165) is 22.6 Å². The summed E-state index contributed by atoms with van der Waals surface area (Å²) in [5.74, 6) is -1.13. The minimum absolute atomic E-state index is 0.0545. The van der Waals surface area contributed by atoms with Crippen LogP contribution in [0, 0.1) is 33.6 Å². The molecule has 0 saturated carbocycles. The summed E-state index contributed by atoms with van der Waals surface area (Å²) in [6.07, 6.45) is 0.0545. The van der Waals surface area contributed by atoms with Crippen LogP contribution in [-0.4, -0.2) is 42.8 Å². The van der Waals surface area contributed by atoms with Crippen molar-refractivity contribution < 1.29 is 14.7 Å². The van der Waals surface area contributed by atoms with E-state index in [-0.39, 0.29) is 18.2 Å². The lowest BCUT2D eigenvalue weighted by Crippen LogP contribution is -2.45. The highest BCUT2D eigenvalue weighted by atomic mass is 16.4. The van der Waals surface area contributed by atoms with Gasteiger partial charge in [-0.2, -0.15) is 5.10 Å². The van der Waals surface area contributed by atoms with E-state index >= 15 is 0 Å². The first kappa shape index (κ1) is 19.6. The quantitative estimate of drug-likeness (QED) is 0.812. The lowest BCUT2D eigenvalue weighted by Gasteiger charge is -2.17. The maximum absolute atomic E-state index is 12.3. The number of nitrogens with one attached hydrogen (secondary N) is 1. The molecule has 2 aromatic heterocycles. The van der Waals surface area contributed by atoms with Gasteiger partial charge in [0.25, 0.3) is 5.95 Å². The minimum Gasteiger partial charge on any atom is -0.480 e. The second-order valence-electron chi connectivity index (χ2n) is 6.82. The molecule has 0 spiro atoms. The van der Waals surface area contributed by atoms with E-state index in [0.29, 0.717) is 11.6 Å². The topological polar surface area (TPSA) is 110 Å². The molecule has 2 N–H and O–H groups in total. The van der Waals surface area contributed by atoms with Gasteiger partial charge in [0.15, 0.2) is 0 Å². The van der Waals surface area contributed by atoms with Crippen LogP contribution in [0.15, 0.2) is 6.07 Å². The van der Waals surface area contributed by atoms with Crippen LogP contribution in [0.4, 0.5) is 0 Å². The van der Waals surface area contributed by atoms with Crippen LogP contribution in [0.1, 0.15) is 42.2 Å². The van der Waals surface area contributed by atoms with Crippen LogP contribution >= 0.6 is 0 Å². The number of carboxylic acids is 1. The van der Waals surface area contributed by atoms with Crippen molar-refractivity contribution in [1.82, 2.24) is 25.1 Å². The number of aliphatic carboxylic acids is 1. The van der Waals surface area contributed by atoms with Gasteiger partial charge in [-0.3, -0.25) is 4.79 Å². The van der Waals surface area contributed by atoms with Gasteiger partial charge in [-0.25, -0.2) is 19.4 Å². The molecule has 2 rings (SSSR count). The van der Waals surface area contributed by atoms with Crippen LogP contribution in [0.2, 0.25) is 0 Å². The van der Waals surface area contributed by atoms with Crippen molar-refractivity contribution in [3.63, 3.8) is 0 Å². The fourth-order valence-electron chi connectivity index (χ4n) is 2.83. The highest BCUT2D eigenvalue weighted by Crippen LogP contribution is 2.17. The van der Waals surface area contributed by atoms with Crippen molar-refractivity contribution in [1.29, 1.82) is 0 Å². The molecule has 0 radical (unpaired) electrons. The number of nitrogens with zero attached hydrogens (tertiary/aromatic N) is 4. The summed E-state index contributed by atoms with van der Waals surface area (Å²) in [5, 5.41) is 16.3. The first-order valence-electron chi connectivity index (χ1n) is 8.50. The van der Waals surface area contributed by atoms with Gasteiger partial charge < -0.3 is 10.4 Å². The zero-order valence-corrected chi connectivity index (χ0v) is 16.0. The van der Waals surface area contributed by atoms with Gasteiger partial charge in [0.05, 0.1) is 12.1 Å². The lowest BCUT2D eigenvalue weighted by molar-refractivity contribution is -0.143. The van der Waals surface area contributed by atoms with Crippen LogP contribution in [0.5, 0.6) is 0 Å². The van der Waals surface area contributed by atoms with Gasteiger partial charge in [0.1, 0.15) is 6.04 Å². The maximum Gasteiger partial charge on any atom is 0.326 e. The van der Waals surface area contributed by atoms with E-state index in [2.05, 4.69) is 20.4 Å². The number of hydrogen-bond donors (Lipinski definition) is 2. The van der Waals surface area contributed by atoms with Crippen LogP contribution in [-0.2, 0) is 16.0 Å². The highest BCUT2D eigenvalue weighted by molar-refractivity contribution is 5.85. The van der Waals surface area contributed by atoms with Crippen LogP contribution in [0.25, 0.3) is 5.95 Å². The van der Waals surface area contributed by atoms with Gasteiger partial charge in [-0.1, -0.05) is 13.8 Å². The van der Waals surface area contributed by atoms with Gasteiger partial charge in [0.2, 0.25) is 5.91 Å². The number of aromatic nitrogens is 4. The summed E-state index contributed by atoms with van der Waals surface area (Å²) in [6, 6.07) is 0.961. The predicted octanol–water partition coefficient (Wildman–Crippen LogP) is 1.66. The fraction of sp³-hybridized carbons (Fsp3) is 0.500. The van der Waals surface area contributed by atoms with Gasteiger partial charge in [0, 0.05) is 22.6 Å². The van der Waals surface area contributed by atoms with Crippen molar-refractivity contribution in [2.75, 3.05) is 0 Å². The number of carbonyl (C=O) groups is 2. The smallest absolute Gasteiger partial charge is 0.326 e. The summed E-state index contributed by atoms with van der Waals surface area (Å²) in [7, 11) is 0. The minimum atomic E-state index is -1.04. The Bertz CT molecular complexity index is 821. The first-order valence-corrected chi connectivity index (χ1v) is 8.50. The molecule has 0 aliphatic rings. The third-order valence-electron chi connectivity index (χ3n) is 4.19. The van der Waals surface area contributed by atoms with Crippen molar-refractivity contribution in [2.45, 2.75) is 54.0 Å². The number of hydrogen-bond acceptors (Lipinski definition) is 5.